The van der Waals surface area contributed by atoms with Gasteiger partial charge in [0.1, 0.15) is 0 Å². The monoisotopic (exact) mass is 270 g/mol. The van der Waals surface area contributed by atoms with Crippen molar-refractivity contribution in [3.05, 3.63) is 16.1 Å². The Kier molecular flexibility index (Phi) is 4.68. The normalized spacial score (nSPS) is 19.6. The molecule has 0 amide bonds. The van der Waals surface area contributed by atoms with Crippen molar-refractivity contribution >= 4 is 17.3 Å². The van der Waals surface area contributed by atoms with Gasteiger partial charge in [0.2, 0.25) is 5.01 Å². The van der Waals surface area contributed by atoms with Crippen molar-refractivity contribution in [1.29, 1.82) is 0 Å². The number of carboxylic acids is 1. The molecule has 0 radical (unpaired) electrons. The zero-order valence-corrected chi connectivity index (χ0v) is 11.3. The fraction of sp³-hybridized carbons (Fsp3) is 0.667. The predicted molar refractivity (Wildman–Crippen MR) is 69.0 cm³/mol. The molecule has 0 aromatic carbocycles. The van der Waals surface area contributed by atoms with Crippen LogP contribution in [-0.4, -0.2) is 46.8 Å². The van der Waals surface area contributed by atoms with Crippen LogP contribution >= 0.6 is 11.3 Å². The Labute approximate surface area is 110 Å². The average Bonchev–Trinajstić information content (AvgIpc) is 2.99. The Morgan fingerprint density at radius 1 is 1.72 bits per heavy atom. The molecule has 1 aromatic heterocycles. The number of carboxylic acid groups (broad SMARTS) is 1. The molecule has 1 unspecified atom stereocenters. The van der Waals surface area contributed by atoms with E-state index in [0.717, 1.165) is 38.2 Å². The molecule has 18 heavy (non-hydrogen) atoms. The van der Waals surface area contributed by atoms with Crippen molar-refractivity contribution in [3.8, 4) is 0 Å². The van der Waals surface area contributed by atoms with Crippen LogP contribution in [-0.2, 0) is 11.3 Å². The first-order valence-electron chi connectivity index (χ1n) is 6.20. The topological polar surface area (TPSA) is 62.7 Å². The molecule has 1 aliphatic heterocycles. The highest BCUT2D eigenvalue weighted by Gasteiger charge is 2.19. The minimum absolute atomic E-state index is 0.165. The number of thiazole rings is 1. The number of aromatic nitrogens is 1. The summed E-state index contributed by atoms with van der Waals surface area (Å²) in [7, 11) is 0. The number of carbonyl (C=O) groups is 1. The molecule has 0 bridgehead atoms. The summed E-state index contributed by atoms with van der Waals surface area (Å²) in [6.45, 7) is 5.47. The number of hydrogen-bond donors (Lipinski definition) is 1. The van der Waals surface area contributed by atoms with Crippen LogP contribution in [0.2, 0.25) is 0 Å². The summed E-state index contributed by atoms with van der Waals surface area (Å²) in [5.74, 6) is -0.951. The molecular formula is C12H18N2O3S. The van der Waals surface area contributed by atoms with E-state index < -0.39 is 5.97 Å². The number of ether oxygens (including phenoxy) is 1. The molecule has 2 heterocycles. The molecule has 0 saturated carbocycles. The van der Waals surface area contributed by atoms with Crippen LogP contribution in [0.15, 0.2) is 5.38 Å². The van der Waals surface area contributed by atoms with Crippen molar-refractivity contribution in [3.63, 3.8) is 0 Å². The molecule has 6 heteroatoms. The van der Waals surface area contributed by atoms with Gasteiger partial charge in [0.15, 0.2) is 0 Å². The number of aromatic carboxylic acids is 1. The Morgan fingerprint density at radius 3 is 3.11 bits per heavy atom. The lowest BCUT2D eigenvalue weighted by molar-refractivity contribution is 0.0689. The summed E-state index contributed by atoms with van der Waals surface area (Å²) in [6.07, 6.45) is 2.58. The molecule has 1 saturated heterocycles. The van der Waals surface area contributed by atoms with Gasteiger partial charge in [-0.1, -0.05) is 6.92 Å². The van der Waals surface area contributed by atoms with Gasteiger partial charge in [-0.25, -0.2) is 9.78 Å². The van der Waals surface area contributed by atoms with E-state index in [9.17, 15) is 4.79 Å². The van der Waals surface area contributed by atoms with E-state index >= 15 is 0 Å². The third kappa shape index (κ3) is 3.51. The number of likely N-dealkylation sites (N-methyl/N-ethyl adjacent to an activating group) is 1. The smallest absolute Gasteiger partial charge is 0.365 e. The first-order chi connectivity index (χ1) is 8.69. The van der Waals surface area contributed by atoms with E-state index in [4.69, 9.17) is 9.84 Å². The summed E-state index contributed by atoms with van der Waals surface area (Å²) in [5.41, 5.74) is 0.831. The maximum absolute atomic E-state index is 10.8. The standard InChI is InChI=1S/C12H18N2O3S/c1-2-14(7-10-4-3-5-17-10)6-9-8-18-11(13-9)12(15)16/h8,10H,2-7H2,1H3,(H,15,16). The predicted octanol–water partition coefficient (Wildman–Crippen LogP) is 1.84. The maximum Gasteiger partial charge on any atom is 0.365 e. The Bertz CT molecular complexity index is 402. The van der Waals surface area contributed by atoms with Crippen LogP contribution < -0.4 is 0 Å². The van der Waals surface area contributed by atoms with Gasteiger partial charge >= 0.3 is 5.97 Å². The second kappa shape index (κ2) is 6.26. The van der Waals surface area contributed by atoms with Crippen LogP contribution in [0.5, 0.6) is 0 Å². The Morgan fingerprint density at radius 2 is 2.56 bits per heavy atom. The lowest BCUT2D eigenvalue weighted by atomic mass is 10.2. The molecule has 100 valence electrons. The third-order valence-electron chi connectivity index (χ3n) is 3.05. The fourth-order valence-electron chi connectivity index (χ4n) is 2.09. The second-order valence-corrected chi connectivity index (χ2v) is 5.27. The highest BCUT2D eigenvalue weighted by Crippen LogP contribution is 2.16. The summed E-state index contributed by atoms with van der Waals surface area (Å²) in [6, 6.07) is 0. The third-order valence-corrected chi connectivity index (χ3v) is 3.93. The van der Waals surface area contributed by atoms with Crippen LogP contribution in [0.4, 0.5) is 0 Å². The van der Waals surface area contributed by atoms with E-state index in [1.807, 2.05) is 5.38 Å². The molecule has 0 aliphatic carbocycles. The van der Waals surface area contributed by atoms with Crippen molar-refractivity contribution in [2.45, 2.75) is 32.4 Å². The summed E-state index contributed by atoms with van der Waals surface area (Å²) in [5, 5.41) is 10.8. The summed E-state index contributed by atoms with van der Waals surface area (Å²) < 4.78 is 5.61. The molecule has 1 atom stereocenters. The number of hydrogen-bond acceptors (Lipinski definition) is 5. The molecule has 1 aromatic rings. The minimum Gasteiger partial charge on any atom is -0.476 e. The van der Waals surface area contributed by atoms with Gasteiger partial charge in [0.05, 0.1) is 11.8 Å². The molecule has 5 nitrogen and oxygen atoms in total. The van der Waals surface area contributed by atoms with Gasteiger partial charge in [-0.2, -0.15) is 0 Å². The van der Waals surface area contributed by atoms with Gasteiger partial charge < -0.3 is 9.84 Å². The van der Waals surface area contributed by atoms with E-state index in [1.54, 1.807) is 0 Å². The van der Waals surface area contributed by atoms with Gasteiger partial charge in [-0.15, -0.1) is 11.3 Å². The molecule has 1 N–H and O–H groups in total. The quantitative estimate of drug-likeness (QED) is 0.854. The van der Waals surface area contributed by atoms with Crippen LogP contribution in [0, 0.1) is 0 Å². The van der Waals surface area contributed by atoms with Crippen molar-refractivity contribution in [2.75, 3.05) is 19.7 Å². The van der Waals surface area contributed by atoms with Crippen molar-refractivity contribution in [1.82, 2.24) is 9.88 Å². The molecule has 0 spiro atoms. The van der Waals surface area contributed by atoms with Gasteiger partial charge in [0, 0.05) is 25.1 Å². The maximum atomic E-state index is 10.8. The minimum atomic E-state index is -0.951. The number of rotatable bonds is 6. The first-order valence-corrected chi connectivity index (χ1v) is 7.08. The fourth-order valence-corrected chi connectivity index (χ4v) is 2.73. The second-order valence-electron chi connectivity index (χ2n) is 4.41. The average molecular weight is 270 g/mol. The lowest BCUT2D eigenvalue weighted by Gasteiger charge is -2.22. The van der Waals surface area contributed by atoms with Gasteiger partial charge in [0.25, 0.3) is 0 Å². The molecule has 1 aliphatic rings. The highest BCUT2D eigenvalue weighted by molar-refractivity contribution is 7.11. The van der Waals surface area contributed by atoms with Crippen LogP contribution in [0.3, 0.4) is 0 Å². The zero-order chi connectivity index (χ0) is 13.0. The van der Waals surface area contributed by atoms with E-state index in [1.165, 1.54) is 11.3 Å². The molecule has 2 rings (SSSR count). The zero-order valence-electron chi connectivity index (χ0n) is 10.5. The molecular weight excluding hydrogens is 252 g/mol. The Balaban J connectivity index is 1.89. The summed E-state index contributed by atoms with van der Waals surface area (Å²) in [4.78, 5) is 17.1. The van der Waals surface area contributed by atoms with Crippen molar-refractivity contribution < 1.29 is 14.6 Å². The SMILES string of the molecule is CCN(Cc1csc(C(=O)O)n1)CC1CCCO1. The van der Waals surface area contributed by atoms with Crippen LogP contribution in [0.1, 0.15) is 35.3 Å². The van der Waals surface area contributed by atoms with Crippen LogP contribution in [0.25, 0.3) is 0 Å². The van der Waals surface area contributed by atoms with E-state index in [2.05, 4.69) is 16.8 Å². The van der Waals surface area contributed by atoms with E-state index in [0.29, 0.717) is 12.6 Å². The lowest BCUT2D eigenvalue weighted by Crippen LogP contribution is -2.31. The van der Waals surface area contributed by atoms with Crippen molar-refractivity contribution in [2.24, 2.45) is 0 Å². The number of nitrogens with zero attached hydrogens (tertiary/aromatic N) is 2. The van der Waals surface area contributed by atoms with Gasteiger partial charge in [-0.3, -0.25) is 4.90 Å². The molecule has 1 fully saturated rings. The highest BCUT2D eigenvalue weighted by atomic mass is 32.1. The van der Waals surface area contributed by atoms with Gasteiger partial charge in [-0.05, 0) is 19.4 Å². The summed E-state index contributed by atoms with van der Waals surface area (Å²) >= 11 is 1.18. The Hall–Kier alpha value is -0.980. The first kappa shape index (κ1) is 13.5. The largest absolute Gasteiger partial charge is 0.476 e. The van der Waals surface area contributed by atoms with E-state index in [-0.39, 0.29) is 5.01 Å².